The highest BCUT2D eigenvalue weighted by atomic mass is 79.9. The number of benzene rings is 3. The molecule has 39 heavy (non-hydrogen) atoms. The first-order chi connectivity index (χ1) is 18.7. The van der Waals surface area contributed by atoms with Gasteiger partial charge in [0.1, 0.15) is 12.4 Å². The smallest absolute Gasteiger partial charge is 0.335 e. The van der Waals surface area contributed by atoms with Crippen molar-refractivity contribution >= 4 is 44.7 Å². The minimum atomic E-state index is -1.06. The summed E-state index contributed by atoms with van der Waals surface area (Å²) in [6.45, 7) is 3.73. The Morgan fingerprint density at radius 1 is 1.15 bits per heavy atom. The Morgan fingerprint density at radius 2 is 1.90 bits per heavy atom. The molecule has 0 saturated heterocycles. The molecule has 4 aromatic rings. The number of fused-ring (bicyclic) bond motifs is 1. The topological polar surface area (TPSA) is 146 Å². The first-order valence-corrected chi connectivity index (χ1v) is 12.7. The van der Waals surface area contributed by atoms with Gasteiger partial charge in [-0.3, -0.25) is 14.9 Å². The maximum absolute atomic E-state index is 13.2. The van der Waals surface area contributed by atoms with Crippen LogP contribution in [0.2, 0.25) is 0 Å². The molecule has 200 valence electrons. The molecule has 3 aromatic carbocycles. The van der Waals surface area contributed by atoms with E-state index in [0.29, 0.717) is 34.3 Å². The number of ether oxygens (including phenoxy) is 2. The lowest BCUT2D eigenvalue weighted by atomic mass is 10.1. The molecule has 12 heteroatoms. The average Bonchev–Trinajstić information content (AvgIpc) is 2.92. The van der Waals surface area contributed by atoms with Gasteiger partial charge in [-0.05, 0) is 48.9 Å². The summed E-state index contributed by atoms with van der Waals surface area (Å²) in [5, 5.41) is 25.7. The Morgan fingerprint density at radius 3 is 2.54 bits per heavy atom. The van der Waals surface area contributed by atoms with Gasteiger partial charge in [0.25, 0.3) is 5.56 Å². The number of carboxylic acid groups (broad SMARTS) is 1. The van der Waals surface area contributed by atoms with Crippen molar-refractivity contribution in [1.82, 2.24) is 9.66 Å². The van der Waals surface area contributed by atoms with Crippen LogP contribution in [0.15, 0.2) is 69.0 Å². The van der Waals surface area contributed by atoms with Gasteiger partial charge >= 0.3 is 11.7 Å². The van der Waals surface area contributed by atoms with Crippen molar-refractivity contribution < 1.29 is 24.3 Å². The molecule has 0 amide bonds. The number of aryl methyl sites for hydroxylation is 1. The van der Waals surface area contributed by atoms with Gasteiger partial charge in [-0.2, -0.15) is 9.78 Å². The number of halogens is 1. The molecule has 0 atom stereocenters. The van der Waals surface area contributed by atoms with E-state index in [-0.39, 0.29) is 41.5 Å². The second-order valence-electron chi connectivity index (χ2n) is 8.25. The van der Waals surface area contributed by atoms with Gasteiger partial charge in [-0.25, -0.2) is 9.78 Å². The van der Waals surface area contributed by atoms with Crippen LogP contribution < -0.4 is 15.0 Å². The van der Waals surface area contributed by atoms with Gasteiger partial charge in [-0.1, -0.05) is 35.0 Å². The minimum absolute atomic E-state index is 0.0537. The Kier molecular flexibility index (Phi) is 8.35. The van der Waals surface area contributed by atoms with Crippen LogP contribution in [0.3, 0.4) is 0 Å². The number of aromatic nitrogens is 2. The summed E-state index contributed by atoms with van der Waals surface area (Å²) in [5.74, 6) is -0.585. The predicted octanol–water partition coefficient (Wildman–Crippen LogP) is 5.19. The molecule has 0 spiro atoms. The number of nitro benzene ring substituents is 1. The lowest BCUT2D eigenvalue weighted by Gasteiger charge is -2.13. The van der Waals surface area contributed by atoms with Crippen molar-refractivity contribution in [1.29, 1.82) is 0 Å². The van der Waals surface area contributed by atoms with Crippen molar-refractivity contribution in [2.45, 2.75) is 26.9 Å². The van der Waals surface area contributed by atoms with Crippen LogP contribution in [0.25, 0.3) is 10.9 Å². The fourth-order valence-corrected chi connectivity index (χ4v) is 4.15. The van der Waals surface area contributed by atoms with Crippen molar-refractivity contribution in [3.05, 3.63) is 102 Å². The normalized spacial score (nSPS) is 11.2. The van der Waals surface area contributed by atoms with Crippen LogP contribution in [0.1, 0.15) is 41.2 Å². The summed E-state index contributed by atoms with van der Waals surface area (Å²) in [7, 11) is 0. The molecule has 11 nitrogen and oxygen atoms in total. The first-order valence-electron chi connectivity index (χ1n) is 11.9. The summed E-state index contributed by atoms with van der Waals surface area (Å²) in [5.41, 5.74) is 0.856. The van der Waals surface area contributed by atoms with E-state index in [4.69, 9.17) is 14.6 Å². The first kappa shape index (κ1) is 27.5. The van der Waals surface area contributed by atoms with Crippen LogP contribution in [-0.4, -0.2) is 38.5 Å². The maximum Gasteiger partial charge on any atom is 0.335 e. The fraction of sp³-hybridized carbons (Fsp3) is 0.185. The van der Waals surface area contributed by atoms with E-state index < -0.39 is 10.9 Å². The largest absolute Gasteiger partial charge is 0.490 e. The molecule has 0 bridgehead atoms. The third kappa shape index (κ3) is 6.12. The molecule has 0 unspecified atom stereocenters. The van der Waals surface area contributed by atoms with E-state index in [2.05, 4.69) is 26.0 Å². The number of nitro groups is 1. The molecule has 0 saturated carbocycles. The van der Waals surface area contributed by atoms with E-state index >= 15 is 0 Å². The Labute approximate surface area is 230 Å². The average molecular weight is 595 g/mol. The third-order valence-electron chi connectivity index (χ3n) is 5.65. The molecule has 0 radical (unpaired) electrons. The minimum Gasteiger partial charge on any atom is -0.490 e. The Bertz CT molecular complexity index is 1650. The van der Waals surface area contributed by atoms with E-state index in [0.717, 1.165) is 4.47 Å². The second kappa shape index (κ2) is 11.9. The molecule has 0 aliphatic carbocycles. The Hall–Kier alpha value is -4.58. The lowest BCUT2D eigenvalue weighted by Crippen LogP contribution is -2.22. The fourth-order valence-electron chi connectivity index (χ4n) is 3.79. The van der Waals surface area contributed by atoms with Gasteiger partial charge in [-0.15, -0.1) is 0 Å². The number of carboxylic acids is 1. The summed E-state index contributed by atoms with van der Waals surface area (Å²) in [6.07, 6.45) is 1.76. The number of hydrogen-bond donors (Lipinski definition) is 1. The number of carbonyl (C=O) groups is 1. The predicted molar refractivity (Wildman–Crippen MR) is 148 cm³/mol. The highest BCUT2D eigenvalue weighted by Gasteiger charge is 2.23. The van der Waals surface area contributed by atoms with E-state index in [1.165, 1.54) is 35.2 Å². The number of nitrogens with zero attached hydrogens (tertiary/aromatic N) is 4. The zero-order valence-electron chi connectivity index (χ0n) is 21.0. The zero-order valence-corrected chi connectivity index (χ0v) is 22.5. The van der Waals surface area contributed by atoms with Gasteiger partial charge in [0, 0.05) is 22.5 Å². The molecule has 0 fully saturated rings. The van der Waals surface area contributed by atoms with Gasteiger partial charge in [0.15, 0.2) is 5.75 Å². The summed E-state index contributed by atoms with van der Waals surface area (Å²) in [4.78, 5) is 40.1. The van der Waals surface area contributed by atoms with Crippen LogP contribution in [-0.2, 0) is 13.0 Å². The Balaban J connectivity index is 1.71. The van der Waals surface area contributed by atoms with Gasteiger partial charge in [0.05, 0.1) is 34.2 Å². The molecule has 1 aromatic heterocycles. The quantitative estimate of drug-likeness (QED) is 0.150. The molecule has 1 N–H and O–H groups in total. The molecule has 0 aliphatic rings. The van der Waals surface area contributed by atoms with E-state index in [1.54, 1.807) is 37.3 Å². The highest BCUT2D eigenvalue weighted by molar-refractivity contribution is 9.10. The van der Waals surface area contributed by atoms with E-state index in [1.807, 2.05) is 6.92 Å². The second-order valence-corrected chi connectivity index (χ2v) is 9.17. The lowest BCUT2D eigenvalue weighted by molar-refractivity contribution is -0.386. The van der Waals surface area contributed by atoms with Crippen molar-refractivity contribution in [3.8, 4) is 11.5 Å². The molecular formula is C27H23BrN4O7. The maximum atomic E-state index is 13.2. The van der Waals surface area contributed by atoms with Crippen molar-refractivity contribution in [2.24, 2.45) is 5.10 Å². The molecular weight excluding hydrogens is 572 g/mol. The van der Waals surface area contributed by atoms with Crippen molar-refractivity contribution in [3.63, 3.8) is 0 Å². The number of hydrogen-bond acceptors (Lipinski definition) is 8. The highest BCUT2D eigenvalue weighted by Crippen LogP contribution is 2.39. The number of rotatable bonds is 10. The molecule has 0 aliphatic heterocycles. The van der Waals surface area contributed by atoms with Crippen LogP contribution >= 0.6 is 15.9 Å². The van der Waals surface area contributed by atoms with Gasteiger partial charge < -0.3 is 14.6 Å². The number of aromatic carboxylic acids is 1. The third-order valence-corrected chi connectivity index (χ3v) is 6.15. The van der Waals surface area contributed by atoms with Crippen LogP contribution in [0, 0.1) is 10.1 Å². The SMILES string of the molecule is CCOc1cc(C=Nn2c(CC)nc3ccc(Br)cc3c2=O)cc([N+](=O)[O-])c1OCc1ccc(C(=O)O)cc1. The molecule has 4 rings (SSSR count). The monoisotopic (exact) mass is 594 g/mol. The van der Waals surface area contributed by atoms with Crippen LogP contribution in [0.4, 0.5) is 5.69 Å². The summed E-state index contributed by atoms with van der Waals surface area (Å²) < 4.78 is 13.3. The van der Waals surface area contributed by atoms with Crippen molar-refractivity contribution in [2.75, 3.05) is 6.61 Å². The molecule has 1 heterocycles. The van der Waals surface area contributed by atoms with E-state index in [9.17, 15) is 19.7 Å². The zero-order chi connectivity index (χ0) is 28.1. The summed E-state index contributed by atoms with van der Waals surface area (Å²) >= 11 is 3.36. The summed E-state index contributed by atoms with van der Waals surface area (Å²) in [6, 6.07) is 14.0. The standard InChI is InChI=1S/C27H23BrN4O7/c1-3-24-30-21-10-9-19(28)13-20(21)26(33)31(24)29-14-17-11-22(32(36)37)25(23(12-17)38-4-2)39-15-16-5-7-18(8-6-16)27(34)35/h5-14H,3-4,15H2,1-2H3,(H,34,35). The van der Waals surface area contributed by atoms with Gasteiger partial charge in [0.2, 0.25) is 5.75 Å². The van der Waals surface area contributed by atoms with Crippen LogP contribution in [0.5, 0.6) is 11.5 Å².